The molecule has 0 saturated carbocycles. The Morgan fingerprint density at radius 1 is 1.07 bits per heavy atom. The number of pyridine rings is 1. The number of hydrogen-bond donors (Lipinski definition) is 2. The van der Waals surface area contributed by atoms with Gasteiger partial charge in [-0.05, 0) is 43.3 Å². The van der Waals surface area contributed by atoms with Crippen LogP contribution in [0.15, 0.2) is 67.0 Å². The maximum Gasteiger partial charge on any atom is 0.340 e. The van der Waals surface area contributed by atoms with Gasteiger partial charge in [-0.15, -0.1) is 0 Å². The van der Waals surface area contributed by atoms with Gasteiger partial charge in [0.05, 0.1) is 46.9 Å². The Morgan fingerprint density at radius 3 is 2.69 bits per heavy atom. The fourth-order valence-corrected chi connectivity index (χ4v) is 2.64. The number of nitrogens with zero attached hydrogens (tertiary/aromatic N) is 2. The molecule has 0 unspecified atom stereocenters. The number of ether oxygens (including phenoxy) is 1. The third kappa shape index (κ3) is 4.96. The number of para-hydroxylation sites is 1. The molecule has 0 bridgehead atoms. The number of aromatic nitrogens is 1. The van der Waals surface area contributed by atoms with Crippen LogP contribution in [0.3, 0.4) is 0 Å². The molecule has 2 N–H and O–H groups in total. The van der Waals surface area contributed by atoms with E-state index in [2.05, 4.69) is 15.6 Å². The Labute approximate surface area is 168 Å². The van der Waals surface area contributed by atoms with Crippen molar-refractivity contribution in [3.05, 3.63) is 83.7 Å². The van der Waals surface area contributed by atoms with Gasteiger partial charge in [-0.1, -0.05) is 18.2 Å². The summed E-state index contributed by atoms with van der Waals surface area (Å²) in [6.07, 6.45) is 2.99. The van der Waals surface area contributed by atoms with Crippen molar-refractivity contribution in [2.24, 2.45) is 0 Å². The van der Waals surface area contributed by atoms with E-state index in [4.69, 9.17) is 10.00 Å². The van der Waals surface area contributed by atoms with Crippen molar-refractivity contribution in [3.63, 3.8) is 0 Å². The van der Waals surface area contributed by atoms with Gasteiger partial charge in [-0.3, -0.25) is 9.78 Å². The first-order valence-electron chi connectivity index (χ1n) is 8.90. The van der Waals surface area contributed by atoms with E-state index in [1.165, 1.54) is 6.20 Å². The van der Waals surface area contributed by atoms with E-state index in [0.29, 0.717) is 33.8 Å². The number of esters is 1. The Bertz CT molecular complexity index is 1090. The van der Waals surface area contributed by atoms with Gasteiger partial charge in [-0.25, -0.2) is 4.79 Å². The molecule has 7 nitrogen and oxygen atoms in total. The zero-order valence-electron chi connectivity index (χ0n) is 15.7. The Hall–Kier alpha value is -4.18. The van der Waals surface area contributed by atoms with Crippen molar-refractivity contribution in [3.8, 4) is 6.07 Å². The van der Waals surface area contributed by atoms with Gasteiger partial charge in [0.25, 0.3) is 5.91 Å². The van der Waals surface area contributed by atoms with Crippen molar-refractivity contribution >= 4 is 28.9 Å². The van der Waals surface area contributed by atoms with E-state index < -0.39 is 5.97 Å². The van der Waals surface area contributed by atoms with Gasteiger partial charge in [0.15, 0.2) is 0 Å². The lowest BCUT2D eigenvalue weighted by molar-refractivity contribution is 0.0527. The maximum atomic E-state index is 12.5. The number of amides is 1. The molecule has 0 radical (unpaired) electrons. The molecule has 0 atom stereocenters. The quantitative estimate of drug-likeness (QED) is 0.618. The fourth-order valence-electron chi connectivity index (χ4n) is 2.64. The first-order valence-corrected chi connectivity index (χ1v) is 8.90. The standard InChI is InChI=1S/C22H18N4O3/c1-2-29-22(28)19-8-3-4-9-20(19)25-18-11-16(13-24-14-18)21(27)26-17-7-5-6-15(10-17)12-23/h3-11,13-14,25H,2H2,1H3,(H,26,27). The Kier molecular flexibility index (Phi) is 6.18. The van der Waals surface area contributed by atoms with E-state index in [9.17, 15) is 9.59 Å². The van der Waals surface area contributed by atoms with Crippen LogP contribution in [-0.2, 0) is 4.74 Å². The fraction of sp³-hybridized carbons (Fsp3) is 0.0909. The highest BCUT2D eigenvalue weighted by atomic mass is 16.5. The third-order valence-corrected chi connectivity index (χ3v) is 3.95. The number of nitriles is 1. The molecular formula is C22H18N4O3. The van der Waals surface area contributed by atoms with Crippen LogP contribution in [0.25, 0.3) is 0 Å². The van der Waals surface area contributed by atoms with Crippen LogP contribution in [0, 0.1) is 11.3 Å². The summed E-state index contributed by atoms with van der Waals surface area (Å²) in [6, 6.07) is 17.2. The van der Waals surface area contributed by atoms with E-state index in [0.717, 1.165) is 0 Å². The SMILES string of the molecule is CCOC(=O)c1ccccc1Nc1cncc(C(=O)Nc2cccc(C#N)c2)c1. The average Bonchev–Trinajstić information content (AvgIpc) is 2.74. The van der Waals surface area contributed by atoms with Crippen LogP contribution < -0.4 is 10.6 Å². The van der Waals surface area contributed by atoms with Crippen molar-refractivity contribution in [2.45, 2.75) is 6.92 Å². The van der Waals surface area contributed by atoms with Crippen molar-refractivity contribution in [2.75, 3.05) is 17.2 Å². The van der Waals surface area contributed by atoms with Gasteiger partial charge in [0, 0.05) is 11.9 Å². The molecule has 1 heterocycles. The third-order valence-electron chi connectivity index (χ3n) is 3.95. The van der Waals surface area contributed by atoms with Crippen LogP contribution in [0.1, 0.15) is 33.2 Å². The lowest BCUT2D eigenvalue weighted by atomic mass is 10.1. The van der Waals surface area contributed by atoms with Gasteiger partial charge in [0.1, 0.15) is 0 Å². The molecule has 0 fully saturated rings. The predicted octanol–water partition coefficient (Wildman–Crippen LogP) is 4.13. The van der Waals surface area contributed by atoms with Crippen LogP contribution >= 0.6 is 0 Å². The molecule has 3 rings (SSSR count). The van der Waals surface area contributed by atoms with E-state index >= 15 is 0 Å². The minimum absolute atomic E-state index is 0.275. The molecule has 29 heavy (non-hydrogen) atoms. The molecule has 0 aliphatic carbocycles. The van der Waals surface area contributed by atoms with Crippen LogP contribution in [0.2, 0.25) is 0 Å². The van der Waals surface area contributed by atoms with Crippen LogP contribution in [-0.4, -0.2) is 23.5 Å². The van der Waals surface area contributed by atoms with Crippen molar-refractivity contribution in [1.82, 2.24) is 4.98 Å². The van der Waals surface area contributed by atoms with Crippen LogP contribution in [0.4, 0.5) is 17.1 Å². The molecule has 0 saturated heterocycles. The summed E-state index contributed by atoms with van der Waals surface area (Å²) in [6.45, 7) is 2.02. The number of nitrogens with one attached hydrogen (secondary N) is 2. The second-order valence-electron chi connectivity index (χ2n) is 6.00. The first-order chi connectivity index (χ1) is 14.1. The van der Waals surface area contributed by atoms with Crippen LogP contribution in [0.5, 0.6) is 0 Å². The summed E-state index contributed by atoms with van der Waals surface area (Å²) in [5.74, 6) is -0.801. The zero-order chi connectivity index (χ0) is 20.6. The molecule has 1 amide bonds. The first kappa shape index (κ1) is 19.6. The predicted molar refractivity (Wildman–Crippen MR) is 109 cm³/mol. The lowest BCUT2D eigenvalue weighted by Crippen LogP contribution is -2.13. The molecule has 1 aromatic heterocycles. The lowest BCUT2D eigenvalue weighted by Gasteiger charge is -2.12. The van der Waals surface area contributed by atoms with Gasteiger partial charge >= 0.3 is 5.97 Å². The second-order valence-corrected chi connectivity index (χ2v) is 6.00. The summed E-state index contributed by atoms with van der Waals surface area (Å²) < 4.78 is 5.07. The minimum atomic E-state index is -0.435. The number of rotatable bonds is 6. The average molecular weight is 386 g/mol. The number of hydrogen-bond acceptors (Lipinski definition) is 6. The van der Waals surface area contributed by atoms with E-state index in [-0.39, 0.29) is 12.5 Å². The molecule has 7 heteroatoms. The molecule has 2 aromatic carbocycles. The highest BCUT2D eigenvalue weighted by Gasteiger charge is 2.13. The molecule has 0 aliphatic heterocycles. The topological polar surface area (TPSA) is 104 Å². The maximum absolute atomic E-state index is 12.5. The highest BCUT2D eigenvalue weighted by molar-refractivity contribution is 6.05. The van der Waals surface area contributed by atoms with E-state index in [1.807, 2.05) is 6.07 Å². The van der Waals surface area contributed by atoms with Crippen molar-refractivity contribution < 1.29 is 14.3 Å². The summed E-state index contributed by atoms with van der Waals surface area (Å²) in [5.41, 5.74) is 2.77. The summed E-state index contributed by atoms with van der Waals surface area (Å²) in [7, 11) is 0. The van der Waals surface area contributed by atoms with Gasteiger partial charge in [0.2, 0.25) is 0 Å². The molecule has 3 aromatic rings. The molecular weight excluding hydrogens is 368 g/mol. The van der Waals surface area contributed by atoms with E-state index in [1.54, 1.807) is 67.7 Å². The monoisotopic (exact) mass is 386 g/mol. The smallest absolute Gasteiger partial charge is 0.340 e. The Balaban J connectivity index is 1.79. The summed E-state index contributed by atoms with van der Waals surface area (Å²) in [4.78, 5) is 28.8. The number of anilines is 3. The highest BCUT2D eigenvalue weighted by Crippen LogP contribution is 2.22. The summed E-state index contributed by atoms with van der Waals surface area (Å²) >= 11 is 0. The number of carbonyl (C=O) groups is 2. The molecule has 0 aliphatic rings. The van der Waals surface area contributed by atoms with Gasteiger partial charge < -0.3 is 15.4 Å². The second kappa shape index (κ2) is 9.15. The minimum Gasteiger partial charge on any atom is -0.462 e. The molecule has 0 spiro atoms. The normalized spacial score (nSPS) is 9.93. The number of carbonyl (C=O) groups excluding carboxylic acids is 2. The number of benzene rings is 2. The Morgan fingerprint density at radius 2 is 1.90 bits per heavy atom. The molecule has 144 valence electrons. The van der Waals surface area contributed by atoms with Gasteiger partial charge in [-0.2, -0.15) is 5.26 Å². The largest absolute Gasteiger partial charge is 0.462 e. The zero-order valence-corrected chi connectivity index (χ0v) is 15.7. The van der Waals surface area contributed by atoms with Crippen molar-refractivity contribution in [1.29, 1.82) is 5.26 Å². The summed E-state index contributed by atoms with van der Waals surface area (Å²) in [5, 5.41) is 14.8.